The molecule has 3 nitrogen and oxygen atoms in total. The monoisotopic (exact) mass is 377 g/mol. The van der Waals surface area contributed by atoms with Gasteiger partial charge >= 0.3 is 0 Å². The van der Waals surface area contributed by atoms with E-state index in [0.29, 0.717) is 11.5 Å². The van der Waals surface area contributed by atoms with Crippen molar-refractivity contribution in [2.45, 2.75) is 13.8 Å². The van der Waals surface area contributed by atoms with Gasteiger partial charge in [-0.3, -0.25) is 0 Å². The van der Waals surface area contributed by atoms with E-state index in [9.17, 15) is 0 Å². The molecule has 0 saturated heterocycles. The van der Waals surface area contributed by atoms with E-state index in [1.54, 1.807) is 6.92 Å². The molecule has 1 atom stereocenters. The fourth-order valence-corrected chi connectivity index (χ4v) is 3.51. The van der Waals surface area contributed by atoms with Crippen molar-refractivity contribution < 1.29 is 0 Å². The SMILES string of the molecule is C=C(C(C)=N)C1=CC(c2nc(-c3ccccc3)cc(-c3ccccc3)n2)=C[C@@H]1C. The van der Waals surface area contributed by atoms with Crippen LogP contribution in [0.25, 0.3) is 28.1 Å². The molecule has 4 rings (SSSR count). The highest BCUT2D eigenvalue weighted by molar-refractivity contribution is 6.01. The predicted molar refractivity (Wildman–Crippen MR) is 121 cm³/mol. The Morgan fingerprint density at radius 2 is 1.41 bits per heavy atom. The van der Waals surface area contributed by atoms with E-state index in [4.69, 9.17) is 15.4 Å². The summed E-state index contributed by atoms with van der Waals surface area (Å²) in [4.78, 5) is 9.75. The molecular weight excluding hydrogens is 354 g/mol. The first-order valence-corrected chi connectivity index (χ1v) is 9.71. The topological polar surface area (TPSA) is 49.6 Å². The molecule has 0 aliphatic heterocycles. The van der Waals surface area contributed by atoms with Crippen molar-refractivity contribution in [1.29, 1.82) is 5.41 Å². The first kappa shape index (κ1) is 18.8. The number of allylic oxidation sites excluding steroid dienone is 5. The zero-order chi connectivity index (χ0) is 20.4. The molecule has 0 fully saturated rings. The molecule has 1 aromatic heterocycles. The molecular formula is C26H23N3. The molecule has 3 aromatic rings. The Morgan fingerprint density at radius 3 is 1.90 bits per heavy atom. The summed E-state index contributed by atoms with van der Waals surface area (Å²) in [7, 11) is 0. The molecule has 3 heteroatoms. The first-order chi connectivity index (χ1) is 14.0. The van der Waals surface area contributed by atoms with Crippen molar-refractivity contribution in [1.82, 2.24) is 9.97 Å². The second kappa shape index (κ2) is 7.80. The molecule has 1 aliphatic carbocycles. The van der Waals surface area contributed by atoms with Crippen LogP contribution in [0.3, 0.4) is 0 Å². The number of rotatable bonds is 5. The predicted octanol–water partition coefficient (Wildman–Crippen LogP) is 6.37. The summed E-state index contributed by atoms with van der Waals surface area (Å²) >= 11 is 0. The van der Waals surface area contributed by atoms with Crippen molar-refractivity contribution >= 4 is 11.3 Å². The summed E-state index contributed by atoms with van der Waals surface area (Å²) < 4.78 is 0. The van der Waals surface area contributed by atoms with Crippen molar-refractivity contribution in [3.05, 3.63) is 102 Å². The maximum Gasteiger partial charge on any atom is 0.160 e. The number of aromatic nitrogens is 2. The molecule has 1 heterocycles. The molecule has 2 aromatic carbocycles. The number of nitrogens with zero attached hydrogens (tertiary/aromatic N) is 2. The van der Waals surface area contributed by atoms with Gasteiger partial charge in [0.15, 0.2) is 5.82 Å². The van der Waals surface area contributed by atoms with Gasteiger partial charge in [0, 0.05) is 28.3 Å². The lowest BCUT2D eigenvalue weighted by Crippen LogP contribution is -2.02. The molecule has 29 heavy (non-hydrogen) atoms. The van der Waals surface area contributed by atoms with Crippen LogP contribution in [-0.2, 0) is 0 Å². The largest absolute Gasteiger partial charge is 0.305 e. The van der Waals surface area contributed by atoms with E-state index in [1.807, 2.05) is 42.5 Å². The summed E-state index contributed by atoms with van der Waals surface area (Å²) in [6, 6.07) is 22.4. The lowest BCUT2D eigenvalue weighted by Gasteiger charge is -2.09. The highest BCUT2D eigenvalue weighted by Gasteiger charge is 2.21. The number of hydrogen-bond acceptors (Lipinski definition) is 3. The average molecular weight is 377 g/mol. The van der Waals surface area contributed by atoms with Crippen LogP contribution in [0.5, 0.6) is 0 Å². The lowest BCUT2D eigenvalue weighted by atomic mass is 9.96. The van der Waals surface area contributed by atoms with Crippen molar-refractivity contribution in [2.75, 3.05) is 0 Å². The van der Waals surface area contributed by atoms with E-state index in [2.05, 4.69) is 49.9 Å². The first-order valence-electron chi connectivity index (χ1n) is 9.71. The summed E-state index contributed by atoms with van der Waals surface area (Å²) in [5.41, 5.74) is 7.20. The highest BCUT2D eigenvalue weighted by Crippen LogP contribution is 2.34. The van der Waals surface area contributed by atoms with E-state index >= 15 is 0 Å². The zero-order valence-electron chi connectivity index (χ0n) is 16.7. The van der Waals surface area contributed by atoms with Crippen molar-refractivity contribution in [3.63, 3.8) is 0 Å². The maximum absolute atomic E-state index is 7.92. The second-order valence-electron chi connectivity index (χ2n) is 7.31. The van der Waals surface area contributed by atoms with Gasteiger partial charge in [0.1, 0.15) is 0 Å². The van der Waals surface area contributed by atoms with E-state index in [0.717, 1.165) is 39.2 Å². The third-order valence-corrected chi connectivity index (χ3v) is 5.16. The van der Waals surface area contributed by atoms with Crippen LogP contribution >= 0.6 is 0 Å². The minimum absolute atomic E-state index is 0.182. The average Bonchev–Trinajstić information content (AvgIpc) is 3.15. The van der Waals surface area contributed by atoms with Gasteiger partial charge in [0.25, 0.3) is 0 Å². The smallest absolute Gasteiger partial charge is 0.160 e. The summed E-state index contributed by atoms with van der Waals surface area (Å²) in [6.07, 6.45) is 4.23. The number of nitrogens with one attached hydrogen (secondary N) is 1. The van der Waals surface area contributed by atoms with Gasteiger partial charge in [-0.15, -0.1) is 0 Å². The van der Waals surface area contributed by atoms with Crippen LogP contribution in [0.1, 0.15) is 19.7 Å². The summed E-state index contributed by atoms with van der Waals surface area (Å²) in [6.45, 7) is 7.97. The normalized spacial score (nSPS) is 15.6. The Balaban J connectivity index is 1.84. The van der Waals surface area contributed by atoms with Gasteiger partial charge in [-0.05, 0) is 30.2 Å². The van der Waals surface area contributed by atoms with Crippen LogP contribution in [0.2, 0.25) is 0 Å². The van der Waals surface area contributed by atoms with Crippen LogP contribution < -0.4 is 0 Å². The maximum atomic E-state index is 7.92. The second-order valence-corrected chi connectivity index (χ2v) is 7.31. The van der Waals surface area contributed by atoms with Crippen LogP contribution in [0, 0.1) is 11.3 Å². The van der Waals surface area contributed by atoms with Gasteiger partial charge in [-0.1, -0.05) is 80.2 Å². The molecule has 1 N–H and O–H groups in total. The van der Waals surface area contributed by atoms with Gasteiger partial charge < -0.3 is 5.41 Å². The molecule has 0 amide bonds. The van der Waals surface area contributed by atoms with Gasteiger partial charge in [-0.25, -0.2) is 9.97 Å². The minimum atomic E-state index is 0.182. The Bertz CT molecular complexity index is 1080. The van der Waals surface area contributed by atoms with Crippen LogP contribution in [0.4, 0.5) is 0 Å². The van der Waals surface area contributed by atoms with Crippen LogP contribution in [-0.4, -0.2) is 15.7 Å². The van der Waals surface area contributed by atoms with Crippen molar-refractivity contribution in [3.8, 4) is 22.5 Å². The zero-order valence-corrected chi connectivity index (χ0v) is 16.7. The van der Waals surface area contributed by atoms with Crippen LogP contribution in [0.15, 0.2) is 96.6 Å². The van der Waals surface area contributed by atoms with Crippen molar-refractivity contribution in [2.24, 2.45) is 5.92 Å². The summed E-state index contributed by atoms with van der Waals surface area (Å²) in [5, 5.41) is 7.92. The molecule has 0 bridgehead atoms. The van der Waals surface area contributed by atoms with E-state index in [-0.39, 0.29) is 5.92 Å². The third kappa shape index (κ3) is 3.85. The third-order valence-electron chi connectivity index (χ3n) is 5.16. The van der Waals surface area contributed by atoms with Gasteiger partial charge in [0.05, 0.1) is 11.4 Å². The Kier molecular flexibility index (Phi) is 5.05. The Labute approximate surface area is 171 Å². The quantitative estimate of drug-likeness (QED) is 0.526. The Morgan fingerprint density at radius 1 is 0.897 bits per heavy atom. The summed E-state index contributed by atoms with van der Waals surface area (Å²) in [5.74, 6) is 0.879. The fourth-order valence-electron chi connectivity index (χ4n) is 3.51. The van der Waals surface area contributed by atoms with E-state index in [1.165, 1.54) is 0 Å². The molecule has 0 unspecified atom stereocenters. The lowest BCUT2D eigenvalue weighted by molar-refractivity contribution is 0.902. The van der Waals surface area contributed by atoms with Gasteiger partial charge in [0.2, 0.25) is 0 Å². The number of hydrogen-bond donors (Lipinski definition) is 1. The molecule has 0 spiro atoms. The number of benzene rings is 2. The minimum Gasteiger partial charge on any atom is -0.305 e. The standard InChI is InChI=1S/C26H23N3/c1-17-14-22(15-23(17)18(2)19(3)27)26-28-24(20-10-6-4-7-11-20)16-25(29-26)21-12-8-5-9-13-21/h4-17,27H,2H2,1,3H3/t17-/m0/s1. The highest BCUT2D eigenvalue weighted by atomic mass is 14.9. The molecule has 1 aliphatic rings. The Hall–Kier alpha value is -3.59. The van der Waals surface area contributed by atoms with Gasteiger partial charge in [-0.2, -0.15) is 0 Å². The van der Waals surface area contributed by atoms with E-state index < -0.39 is 0 Å². The molecule has 0 saturated carbocycles. The molecule has 0 radical (unpaired) electrons. The fraction of sp³-hybridized carbons (Fsp3) is 0.115. The molecule has 142 valence electrons.